The Hall–Kier alpha value is -6.79. The number of hydrogen-bond donors (Lipinski definition) is 0. The topological polar surface area (TPSA) is 31.2 Å². The molecule has 0 aliphatic carbocycles. The van der Waals surface area contributed by atoms with Crippen LogP contribution in [0.5, 0.6) is 0 Å². The molecule has 7 heteroatoms. The lowest BCUT2D eigenvalue weighted by Gasteiger charge is -2.41. The van der Waals surface area contributed by atoms with E-state index in [0.29, 0.717) is 0 Å². The third-order valence-electron chi connectivity index (χ3n) is 16.0. The fourth-order valence-corrected chi connectivity index (χ4v) is 15.5. The highest BCUT2D eigenvalue weighted by Crippen LogP contribution is 2.51. The van der Waals surface area contributed by atoms with Crippen molar-refractivity contribution in [3.05, 3.63) is 163 Å². The molecule has 0 fully saturated rings. The Morgan fingerprint density at radius 3 is 1.32 bits per heavy atom. The Morgan fingerprint density at radius 1 is 0.435 bits per heavy atom. The van der Waals surface area contributed by atoms with Crippen LogP contribution in [0.4, 0.5) is 0 Å². The van der Waals surface area contributed by atoms with Gasteiger partial charge in [-0.15, -0.1) is 0 Å². The van der Waals surface area contributed by atoms with E-state index in [4.69, 9.17) is 8.83 Å². The molecule has 7 heterocycles. The van der Waals surface area contributed by atoms with Gasteiger partial charge >= 0.3 is 0 Å². The van der Waals surface area contributed by atoms with Crippen LogP contribution in [0.25, 0.3) is 93.6 Å². The maximum Gasteiger partial charge on any atom is 0.249 e. The largest absolute Gasteiger partial charge is 0.455 e. The molecular formula is C62H43B2NO2S2. The molecule has 0 radical (unpaired) electrons. The minimum Gasteiger partial charge on any atom is -0.455 e. The molecule has 0 bridgehead atoms. The fraction of sp³-hybridized carbons (Fsp3) is 0.129. The maximum absolute atomic E-state index is 7.38. The molecule has 0 atom stereocenters. The molecule has 0 saturated carbocycles. The van der Waals surface area contributed by atoms with E-state index in [9.17, 15) is 0 Å². The van der Waals surface area contributed by atoms with Crippen LogP contribution in [0.15, 0.2) is 180 Å². The Labute approximate surface area is 409 Å². The lowest BCUT2D eigenvalue weighted by molar-refractivity contribution is 0.587. The quantitative estimate of drug-likeness (QED) is 0.162. The molecule has 12 aromatic rings. The molecule has 326 valence electrons. The number of nitrogens with zero attached hydrogens (tertiary/aromatic N) is 1. The van der Waals surface area contributed by atoms with Crippen molar-refractivity contribution in [2.45, 2.75) is 72.0 Å². The molecule has 3 aromatic heterocycles. The third-order valence-corrected chi connectivity index (χ3v) is 18.4. The van der Waals surface area contributed by atoms with E-state index >= 15 is 0 Å². The van der Waals surface area contributed by atoms with Crippen LogP contribution in [0, 0.1) is 0 Å². The van der Waals surface area contributed by atoms with Gasteiger partial charge in [-0.2, -0.15) is 0 Å². The van der Waals surface area contributed by atoms with Crippen molar-refractivity contribution in [3.8, 4) is 27.9 Å². The van der Waals surface area contributed by atoms with Crippen LogP contribution in [0.2, 0.25) is 0 Å². The lowest BCUT2D eigenvalue weighted by Crippen LogP contribution is -2.65. The minimum absolute atomic E-state index is 0.00696. The molecule has 0 amide bonds. The predicted octanol–water partition coefficient (Wildman–Crippen LogP) is 13.1. The first-order valence-electron chi connectivity index (χ1n) is 24.3. The highest BCUT2D eigenvalue weighted by Gasteiger charge is 2.49. The number of furan rings is 2. The summed E-state index contributed by atoms with van der Waals surface area (Å²) in [6.45, 7) is 13.7. The van der Waals surface area contributed by atoms with Gasteiger partial charge in [-0.25, -0.2) is 0 Å². The van der Waals surface area contributed by atoms with E-state index in [1.54, 1.807) is 0 Å². The third kappa shape index (κ3) is 5.00. The van der Waals surface area contributed by atoms with Crippen molar-refractivity contribution in [1.29, 1.82) is 0 Å². The van der Waals surface area contributed by atoms with Crippen molar-refractivity contribution in [2.24, 2.45) is 0 Å². The predicted molar refractivity (Wildman–Crippen MR) is 294 cm³/mol. The van der Waals surface area contributed by atoms with Crippen LogP contribution >= 0.6 is 23.5 Å². The van der Waals surface area contributed by atoms with E-state index in [0.717, 1.165) is 54.6 Å². The number of benzene rings is 9. The zero-order chi connectivity index (χ0) is 46.0. The molecule has 0 unspecified atom stereocenters. The zero-order valence-corrected chi connectivity index (χ0v) is 40.8. The van der Waals surface area contributed by atoms with Gasteiger partial charge in [0, 0.05) is 46.8 Å². The molecule has 69 heavy (non-hydrogen) atoms. The first-order valence-corrected chi connectivity index (χ1v) is 25.9. The van der Waals surface area contributed by atoms with Gasteiger partial charge in [0.1, 0.15) is 22.3 Å². The van der Waals surface area contributed by atoms with Gasteiger partial charge in [-0.05, 0) is 84.3 Å². The summed E-state index contributed by atoms with van der Waals surface area (Å²) in [4.78, 5) is 5.36. The molecule has 3 nitrogen and oxygen atoms in total. The highest BCUT2D eigenvalue weighted by atomic mass is 32.2. The van der Waals surface area contributed by atoms with Crippen molar-refractivity contribution < 1.29 is 8.83 Å². The smallest absolute Gasteiger partial charge is 0.249 e. The van der Waals surface area contributed by atoms with Crippen molar-refractivity contribution >= 4 is 135 Å². The Kier molecular flexibility index (Phi) is 7.42. The second-order valence-corrected chi connectivity index (χ2v) is 24.0. The van der Waals surface area contributed by atoms with Gasteiger partial charge in [0.15, 0.2) is 0 Å². The average molecular weight is 920 g/mol. The van der Waals surface area contributed by atoms with Gasteiger partial charge in [0.05, 0.1) is 21.8 Å². The molecule has 0 saturated heterocycles. The van der Waals surface area contributed by atoms with E-state index in [1.807, 2.05) is 23.5 Å². The van der Waals surface area contributed by atoms with Crippen LogP contribution in [-0.4, -0.2) is 18.0 Å². The molecule has 4 aliphatic rings. The summed E-state index contributed by atoms with van der Waals surface area (Å²) in [6, 6.07) is 57.5. The molecular weight excluding hydrogens is 876 g/mol. The first-order chi connectivity index (χ1) is 33.5. The Morgan fingerprint density at radius 2 is 0.884 bits per heavy atom. The molecule has 0 N–H and O–H groups in total. The lowest BCUT2D eigenvalue weighted by atomic mass is 9.31. The monoisotopic (exact) mass is 919 g/mol. The van der Waals surface area contributed by atoms with E-state index in [-0.39, 0.29) is 24.3 Å². The normalized spacial score (nSPS) is 14.3. The van der Waals surface area contributed by atoms with Gasteiger partial charge in [-0.1, -0.05) is 209 Å². The van der Waals surface area contributed by atoms with E-state index in [1.165, 1.54) is 102 Å². The van der Waals surface area contributed by atoms with Crippen LogP contribution in [-0.2, 0) is 10.8 Å². The highest BCUT2D eigenvalue weighted by molar-refractivity contribution is 8.01. The van der Waals surface area contributed by atoms with Crippen molar-refractivity contribution in [1.82, 2.24) is 4.57 Å². The van der Waals surface area contributed by atoms with E-state index < -0.39 is 0 Å². The summed E-state index contributed by atoms with van der Waals surface area (Å²) < 4.78 is 17.5. The SMILES string of the molecule is CC(C)(C)c1ccc2c(c1)oc1c2cc2c3c1c1c4oc5cc(C(C)(C)C)ccc5c4cc4c1n3-c1c3c(cc5c1B4c1cccc(-c4ccccc4)c1S5)Sc1c(cccc1-c1ccccc1)B32. The number of aromatic nitrogens is 1. The van der Waals surface area contributed by atoms with Gasteiger partial charge in [-0.3, -0.25) is 0 Å². The standard InChI is InChI=1S/C62H43B2NO2S2/c1-61(2,3)34-23-25-38-40-29-44-54-50(57(40)66-46(38)27-34)51-55-45(30-41-39-26-24-35(62(4,5)6)28-47(39)67-58(41)51)64-43-22-14-20-37(33-17-11-8-12-18-33)60(43)69-49-31-48-52(56(53(49)64)65(54)55)63(44)42-21-13-19-36(59(42)68-48)32-15-9-7-10-16-32/h7-31H,1-6H3. The summed E-state index contributed by atoms with van der Waals surface area (Å²) in [5, 5.41) is 6.93. The van der Waals surface area contributed by atoms with Gasteiger partial charge in [0.2, 0.25) is 13.4 Å². The molecule has 9 aromatic carbocycles. The molecule has 4 aliphatic heterocycles. The van der Waals surface area contributed by atoms with Crippen molar-refractivity contribution in [2.75, 3.05) is 0 Å². The van der Waals surface area contributed by atoms with Gasteiger partial charge < -0.3 is 13.4 Å². The minimum atomic E-state index is -0.0331. The number of fused-ring (bicyclic) bond motifs is 15. The maximum atomic E-state index is 7.38. The summed E-state index contributed by atoms with van der Waals surface area (Å²) in [5.41, 5.74) is 23.3. The van der Waals surface area contributed by atoms with Crippen LogP contribution < -0.4 is 32.8 Å². The Balaban J connectivity index is 1.14. The summed E-state index contributed by atoms with van der Waals surface area (Å²) in [5.74, 6) is 0. The zero-order valence-electron chi connectivity index (χ0n) is 39.2. The van der Waals surface area contributed by atoms with Crippen LogP contribution in [0.3, 0.4) is 0 Å². The van der Waals surface area contributed by atoms with Gasteiger partial charge in [0.25, 0.3) is 0 Å². The summed E-state index contributed by atoms with van der Waals surface area (Å²) in [6.07, 6.45) is 0. The molecule has 0 spiro atoms. The fourth-order valence-electron chi connectivity index (χ4n) is 12.8. The van der Waals surface area contributed by atoms with E-state index in [2.05, 4.69) is 198 Å². The second kappa shape index (κ2) is 13.1. The second-order valence-electron chi connectivity index (χ2n) is 21.9. The Bertz CT molecular complexity index is 4060. The summed E-state index contributed by atoms with van der Waals surface area (Å²) in [7, 11) is 0. The summed E-state index contributed by atoms with van der Waals surface area (Å²) >= 11 is 3.93. The number of rotatable bonds is 2. The first kappa shape index (κ1) is 39.1. The molecule has 16 rings (SSSR count). The van der Waals surface area contributed by atoms with Crippen LogP contribution in [0.1, 0.15) is 52.7 Å². The van der Waals surface area contributed by atoms with Crippen molar-refractivity contribution in [3.63, 3.8) is 0 Å². The number of hydrogen-bond acceptors (Lipinski definition) is 4. The average Bonchev–Trinajstić information content (AvgIpc) is 4.04.